The molecule has 0 fully saturated rings. The monoisotopic (exact) mass is 266 g/mol. The van der Waals surface area contributed by atoms with Crippen molar-refractivity contribution in [2.45, 2.75) is 6.92 Å². The summed E-state index contributed by atoms with van der Waals surface area (Å²) >= 11 is 0. The van der Waals surface area contributed by atoms with Gasteiger partial charge in [-0.3, -0.25) is 4.79 Å². The van der Waals surface area contributed by atoms with E-state index in [0.29, 0.717) is 22.4 Å². The van der Waals surface area contributed by atoms with E-state index in [1.807, 2.05) is 12.1 Å². The lowest BCUT2D eigenvalue weighted by molar-refractivity contribution is -0.246. The zero-order chi connectivity index (χ0) is 14.3. The van der Waals surface area contributed by atoms with Crippen LogP contribution in [0, 0.1) is 0 Å². The predicted octanol–water partition coefficient (Wildman–Crippen LogP) is 2.07. The van der Waals surface area contributed by atoms with E-state index in [1.165, 1.54) is 0 Å². The molecule has 0 aliphatic heterocycles. The van der Waals surface area contributed by atoms with Gasteiger partial charge < -0.3 is 14.8 Å². The van der Waals surface area contributed by atoms with Gasteiger partial charge in [-0.05, 0) is 18.6 Å². The summed E-state index contributed by atoms with van der Waals surface area (Å²) in [6.45, 7) is 2.01. The average molecular weight is 266 g/mol. The van der Waals surface area contributed by atoms with E-state index in [4.69, 9.17) is 0 Å². The number of rotatable bonds is 2. The van der Waals surface area contributed by atoms with Crippen molar-refractivity contribution >= 4 is 17.6 Å². The molecule has 0 bridgehead atoms. The maximum Gasteiger partial charge on any atom is 0.194 e. The number of anilines is 1. The first-order valence-electron chi connectivity index (χ1n) is 6.40. The maximum absolute atomic E-state index is 12.3. The summed E-state index contributed by atoms with van der Waals surface area (Å²) in [5.74, 6) is -0.0631. The Kier molecular flexibility index (Phi) is 2.79. The average Bonchev–Trinajstić information content (AvgIpc) is 2.74. The molecule has 0 saturated carbocycles. The van der Waals surface area contributed by atoms with Gasteiger partial charge in [0.15, 0.2) is 5.78 Å². The second-order valence-corrected chi connectivity index (χ2v) is 4.58. The molecule has 1 amide bonds. The van der Waals surface area contributed by atoms with Gasteiger partial charge in [0.05, 0.1) is 5.69 Å². The Morgan fingerprint density at radius 2 is 1.70 bits per heavy atom. The van der Waals surface area contributed by atoms with Crippen LogP contribution in [-0.2, 0) is 0 Å². The molecular weight excluding hydrogens is 254 g/mol. The van der Waals surface area contributed by atoms with Gasteiger partial charge in [0.1, 0.15) is 6.09 Å². The van der Waals surface area contributed by atoms with Crippen molar-refractivity contribution < 1.29 is 14.7 Å². The number of carbonyl (C=O) groups is 2. The lowest BCUT2D eigenvalue weighted by Crippen LogP contribution is -2.41. The number of carboxylic acid groups (broad SMARTS) is 1. The molecule has 0 spiro atoms. The highest BCUT2D eigenvalue weighted by Crippen LogP contribution is 2.42. The van der Waals surface area contributed by atoms with Crippen molar-refractivity contribution in [2.75, 3.05) is 11.4 Å². The van der Waals surface area contributed by atoms with E-state index in [-0.39, 0.29) is 12.3 Å². The van der Waals surface area contributed by atoms with Crippen LogP contribution in [0.2, 0.25) is 0 Å². The summed E-state index contributed by atoms with van der Waals surface area (Å²) < 4.78 is 0. The number of benzene rings is 2. The molecule has 100 valence electrons. The molecule has 2 aromatic carbocycles. The minimum absolute atomic E-state index is 0.0631. The third-order valence-electron chi connectivity index (χ3n) is 3.56. The topological polar surface area (TPSA) is 60.4 Å². The summed E-state index contributed by atoms with van der Waals surface area (Å²) in [5.41, 5.74) is 3.12. The normalized spacial score (nSPS) is 11.9. The third kappa shape index (κ3) is 1.61. The Bertz CT molecular complexity index is 721. The van der Waals surface area contributed by atoms with Crippen molar-refractivity contribution in [2.24, 2.45) is 0 Å². The van der Waals surface area contributed by atoms with Crippen LogP contribution in [0.3, 0.4) is 0 Å². The van der Waals surface area contributed by atoms with Crippen LogP contribution >= 0.6 is 0 Å². The van der Waals surface area contributed by atoms with Gasteiger partial charge in [0, 0.05) is 23.2 Å². The number of fused-ring (bicyclic) bond motifs is 3. The maximum atomic E-state index is 12.3. The molecule has 1 aliphatic carbocycles. The van der Waals surface area contributed by atoms with Gasteiger partial charge in [-0.25, -0.2) is 0 Å². The minimum atomic E-state index is -1.27. The number of nitrogens with zero attached hydrogens (tertiary/aromatic N) is 1. The second-order valence-electron chi connectivity index (χ2n) is 4.58. The smallest absolute Gasteiger partial charge is 0.194 e. The number of hydrogen-bond donors (Lipinski definition) is 0. The second kappa shape index (κ2) is 4.49. The molecule has 3 rings (SSSR count). The molecular formula is C16H12NO3-. The predicted molar refractivity (Wildman–Crippen MR) is 73.7 cm³/mol. The van der Waals surface area contributed by atoms with Crippen LogP contribution < -0.4 is 10.0 Å². The summed E-state index contributed by atoms with van der Waals surface area (Å²) in [5, 5.41) is 11.3. The molecule has 20 heavy (non-hydrogen) atoms. The number of hydrogen-bond acceptors (Lipinski definition) is 3. The first-order valence-corrected chi connectivity index (χ1v) is 6.40. The Hall–Kier alpha value is -2.62. The lowest BCUT2D eigenvalue weighted by Gasteiger charge is -2.25. The van der Waals surface area contributed by atoms with Gasteiger partial charge in [-0.15, -0.1) is 0 Å². The highest BCUT2D eigenvalue weighted by Gasteiger charge is 2.29. The van der Waals surface area contributed by atoms with Gasteiger partial charge in [0.25, 0.3) is 0 Å². The Morgan fingerprint density at radius 1 is 1.05 bits per heavy atom. The fourth-order valence-corrected chi connectivity index (χ4v) is 2.68. The summed E-state index contributed by atoms with van der Waals surface area (Å²) in [7, 11) is 0. The molecule has 1 aliphatic rings. The number of ketones is 1. The quantitative estimate of drug-likeness (QED) is 0.713. The minimum Gasteiger partial charge on any atom is -0.530 e. The molecule has 0 saturated heterocycles. The zero-order valence-corrected chi connectivity index (χ0v) is 10.9. The zero-order valence-electron chi connectivity index (χ0n) is 10.9. The van der Waals surface area contributed by atoms with Crippen molar-refractivity contribution in [1.29, 1.82) is 0 Å². The molecule has 0 radical (unpaired) electrons. The standard InChI is InChI=1S/C16H13NO3/c1-2-17(16(19)20)13-9-5-8-12-14(13)10-6-3-4-7-11(10)15(12)18/h3-9H,2H2,1H3,(H,19,20)/p-1. The van der Waals surface area contributed by atoms with Crippen LogP contribution in [-0.4, -0.2) is 18.4 Å². The van der Waals surface area contributed by atoms with Gasteiger partial charge in [-0.1, -0.05) is 36.4 Å². The molecule has 4 nitrogen and oxygen atoms in total. The van der Waals surface area contributed by atoms with Crippen LogP contribution in [0.5, 0.6) is 0 Å². The fraction of sp³-hybridized carbons (Fsp3) is 0.125. The van der Waals surface area contributed by atoms with Crippen molar-refractivity contribution in [3.8, 4) is 11.1 Å². The first-order chi connectivity index (χ1) is 9.65. The fourth-order valence-electron chi connectivity index (χ4n) is 2.68. The molecule has 0 heterocycles. The highest BCUT2D eigenvalue weighted by atomic mass is 16.4. The third-order valence-corrected chi connectivity index (χ3v) is 3.56. The van der Waals surface area contributed by atoms with Crippen LogP contribution in [0.1, 0.15) is 22.8 Å². The van der Waals surface area contributed by atoms with Crippen LogP contribution in [0.15, 0.2) is 42.5 Å². The van der Waals surface area contributed by atoms with Crippen molar-refractivity contribution in [1.82, 2.24) is 0 Å². The van der Waals surface area contributed by atoms with Gasteiger partial charge in [-0.2, -0.15) is 0 Å². The van der Waals surface area contributed by atoms with E-state index >= 15 is 0 Å². The molecule has 0 N–H and O–H groups in total. The Morgan fingerprint density at radius 3 is 2.35 bits per heavy atom. The molecule has 0 atom stereocenters. The van der Waals surface area contributed by atoms with Gasteiger partial charge in [0.2, 0.25) is 0 Å². The molecule has 2 aromatic rings. The highest BCUT2D eigenvalue weighted by molar-refractivity contribution is 6.24. The van der Waals surface area contributed by atoms with E-state index in [0.717, 1.165) is 10.5 Å². The summed E-state index contributed by atoms with van der Waals surface area (Å²) in [6, 6.07) is 12.4. The Labute approximate surface area is 116 Å². The largest absolute Gasteiger partial charge is 0.530 e. The van der Waals surface area contributed by atoms with E-state index in [9.17, 15) is 14.7 Å². The van der Waals surface area contributed by atoms with E-state index in [1.54, 1.807) is 37.3 Å². The van der Waals surface area contributed by atoms with E-state index in [2.05, 4.69) is 0 Å². The number of carbonyl (C=O) groups excluding carboxylic acids is 2. The molecule has 0 aromatic heterocycles. The van der Waals surface area contributed by atoms with Crippen molar-refractivity contribution in [3.63, 3.8) is 0 Å². The molecule has 4 heteroatoms. The lowest BCUT2D eigenvalue weighted by atomic mass is 10.0. The first kappa shape index (κ1) is 12.4. The SMILES string of the molecule is CCN(C(=O)[O-])c1cccc2c1-c1ccccc1C2=O. The van der Waals surface area contributed by atoms with E-state index < -0.39 is 6.09 Å². The molecule has 0 unspecified atom stereocenters. The van der Waals surface area contributed by atoms with Crippen LogP contribution in [0.4, 0.5) is 10.5 Å². The van der Waals surface area contributed by atoms with Crippen molar-refractivity contribution in [3.05, 3.63) is 53.6 Å². The number of amides is 1. The summed E-state index contributed by atoms with van der Waals surface area (Å²) in [4.78, 5) is 24.7. The van der Waals surface area contributed by atoms with Gasteiger partial charge >= 0.3 is 0 Å². The van der Waals surface area contributed by atoms with Crippen LogP contribution in [0.25, 0.3) is 11.1 Å². The Balaban J connectivity index is 2.29. The summed E-state index contributed by atoms with van der Waals surface area (Å²) in [6.07, 6.45) is -1.27.